The molecule has 122 valence electrons. The predicted octanol–water partition coefficient (Wildman–Crippen LogP) is 3.26. The minimum Gasteiger partial charge on any atom is -0.469 e. The lowest BCUT2D eigenvalue weighted by molar-refractivity contribution is -0.163. The highest BCUT2D eigenvalue weighted by molar-refractivity contribution is 5.84. The fourth-order valence-electron chi connectivity index (χ4n) is 5.06. The van der Waals surface area contributed by atoms with Crippen LogP contribution in [0.1, 0.15) is 51.4 Å². The number of hydrogen-bond donors (Lipinski definition) is 0. The summed E-state index contributed by atoms with van der Waals surface area (Å²) >= 11 is 0. The molecule has 0 aromatic carbocycles. The number of allylic oxidation sites excluding steroid dienone is 2. The van der Waals surface area contributed by atoms with Gasteiger partial charge in [-0.25, -0.2) is 0 Å². The molecule has 0 N–H and O–H groups in total. The van der Waals surface area contributed by atoms with E-state index in [4.69, 9.17) is 9.47 Å². The fourth-order valence-corrected chi connectivity index (χ4v) is 5.06. The van der Waals surface area contributed by atoms with Gasteiger partial charge in [0.2, 0.25) is 0 Å². The van der Waals surface area contributed by atoms with E-state index in [0.29, 0.717) is 0 Å². The van der Waals surface area contributed by atoms with Crippen molar-refractivity contribution in [3.63, 3.8) is 0 Å². The maximum absolute atomic E-state index is 12.5. The van der Waals surface area contributed by atoms with Crippen LogP contribution in [-0.2, 0) is 19.1 Å². The molecule has 0 saturated heterocycles. The maximum atomic E-state index is 12.5. The Hall–Kier alpha value is -1.32. The topological polar surface area (TPSA) is 52.6 Å². The summed E-state index contributed by atoms with van der Waals surface area (Å²) in [6, 6.07) is 0. The molecule has 2 fully saturated rings. The van der Waals surface area contributed by atoms with Gasteiger partial charge in [0, 0.05) is 0 Å². The van der Waals surface area contributed by atoms with Crippen LogP contribution in [-0.4, -0.2) is 26.2 Å². The molecule has 22 heavy (non-hydrogen) atoms. The van der Waals surface area contributed by atoms with Crippen molar-refractivity contribution < 1.29 is 19.1 Å². The molecule has 0 spiro atoms. The van der Waals surface area contributed by atoms with Gasteiger partial charge in [-0.2, -0.15) is 0 Å². The quantitative estimate of drug-likeness (QED) is 0.580. The van der Waals surface area contributed by atoms with Gasteiger partial charge in [0.05, 0.1) is 26.1 Å². The zero-order valence-corrected chi connectivity index (χ0v) is 13.6. The summed E-state index contributed by atoms with van der Waals surface area (Å²) in [7, 11) is 2.86. The first kappa shape index (κ1) is 15.6. The normalized spacial score (nSPS) is 34.5. The van der Waals surface area contributed by atoms with Crippen molar-refractivity contribution in [2.24, 2.45) is 23.7 Å². The van der Waals surface area contributed by atoms with Crippen LogP contribution >= 0.6 is 0 Å². The number of hydrogen-bond acceptors (Lipinski definition) is 4. The third-order valence-electron chi connectivity index (χ3n) is 5.93. The van der Waals surface area contributed by atoms with Crippen molar-refractivity contribution in [1.82, 2.24) is 0 Å². The average molecular weight is 306 g/mol. The molecule has 0 aromatic heterocycles. The summed E-state index contributed by atoms with van der Waals surface area (Å²) in [5.41, 5.74) is 2.96. The first-order valence-electron chi connectivity index (χ1n) is 8.56. The van der Waals surface area contributed by atoms with Gasteiger partial charge in [0.1, 0.15) is 0 Å². The number of rotatable bonds is 2. The Morgan fingerprint density at radius 3 is 1.55 bits per heavy atom. The lowest BCUT2D eigenvalue weighted by atomic mass is 9.57. The second-order valence-electron chi connectivity index (χ2n) is 6.85. The summed E-state index contributed by atoms with van der Waals surface area (Å²) < 4.78 is 10.1. The minimum atomic E-state index is -0.348. The van der Waals surface area contributed by atoms with Crippen LogP contribution in [0, 0.1) is 23.7 Å². The van der Waals surface area contributed by atoms with Crippen LogP contribution in [0.4, 0.5) is 0 Å². The van der Waals surface area contributed by atoms with Crippen LogP contribution in [0.3, 0.4) is 0 Å². The highest BCUT2D eigenvalue weighted by atomic mass is 16.5. The van der Waals surface area contributed by atoms with E-state index in [-0.39, 0.29) is 35.6 Å². The molecule has 3 aliphatic rings. The Morgan fingerprint density at radius 2 is 1.18 bits per heavy atom. The van der Waals surface area contributed by atoms with E-state index in [1.54, 1.807) is 0 Å². The van der Waals surface area contributed by atoms with Crippen molar-refractivity contribution in [1.29, 1.82) is 0 Å². The summed E-state index contributed by atoms with van der Waals surface area (Å²) in [4.78, 5) is 24.9. The highest BCUT2D eigenvalue weighted by Crippen LogP contribution is 2.53. The molecule has 0 bridgehead atoms. The molecule has 0 radical (unpaired) electrons. The van der Waals surface area contributed by atoms with E-state index < -0.39 is 0 Å². The molecule has 2 saturated carbocycles. The molecule has 3 aliphatic carbocycles. The first-order valence-corrected chi connectivity index (χ1v) is 8.56. The number of carbonyl (C=O) groups is 2. The molecule has 4 atom stereocenters. The maximum Gasteiger partial charge on any atom is 0.310 e. The van der Waals surface area contributed by atoms with Crippen LogP contribution in [0.2, 0.25) is 0 Å². The molecular weight excluding hydrogens is 280 g/mol. The Kier molecular flexibility index (Phi) is 4.55. The molecule has 4 nitrogen and oxygen atoms in total. The van der Waals surface area contributed by atoms with Crippen LogP contribution in [0.25, 0.3) is 0 Å². The Bertz CT molecular complexity index is 449. The van der Waals surface area contributed by atoms with Crippen molar-refractivity contribution >= 4 is 11.9 Å². The molecule has 0 aliphatic heterocycles. The fraction of sp³-hybridized carbons (Fsp3) is 0.778. The SMILES string of the molecule is COC(=O)C1C2CCCCC2=C2CCCCC2C1C(=O)OC. The standard InChI is InChI=1S/C18H26O4/c1-21-17(19)15-13-9-5-3-7-11(13)12-8-4-6-10-14(12)16(15)18(20)22-2/h13-16H,3-10H2,1-2H3. The molecule has 0 aromatic rings. The Labute approximate surface area is 132 Å². The van der Waals surface area contributed by atoms with Gasteiger partial charge in [-0.15, -0.1) is 0 Å². The smallest absolute Gasteiger partial charge is 0.310 e. The van der Waals surface area contributed by atoms with Crippen LogP contribution in [0.15, 0.2) is 11.1 Å². The van der Waals surface area contributed by atoms with E-state index in [0.717, 1.165) is 38.5 Å². The molecule has 4 unspecified atom stereocenters. The van der Waals surface area contributed by atoms with Crippen molar-refractivity contribution in [2.45, 2.75) is 51.4 Å². The van der Waals surface area contributed by atoms with E-state index in [1.165, 1.54) is 38.2 Å². The van der Waals surface area contributed by atoms with Gasteiger partial charge in [0.15, 0.2) is 0 Å². The second-order valence-corrected chi connectivity index (χ2v) is 6.85. The van der Waals surface area contributed by atoms with E-state index in [2.05, 4.69) is 0 Å². The van der Waals surface area contributed by atoms with Crippen molar-refractivity contribution in [3.05, 3.63) is 11.1 Å². The van der Waals surface area contributed by atoms with Crippen molar-refractivity contribution in [3.8, 4) is 0 Å². The summed E-state index contributed by atoms with van der Waals surface area (Å²) in [6.07, 6.45) is 8.87. The zero-order valence-electron chi connectivity index (χ0n) is 13.6. The van der Waals surface area contributed by atoms with Crippen LogP contribution < -0.4 is 0 Å². The summed E-state index contributed by atoms with van der Waals surface area (Å²) in [5.74, 6) is -0.780. The zero-order chi connectivity index (χ0) is 15.7. The van der Waals surface area contributed by atoms with Gasteiger partial charge >= 0.3 is 11.9 Å². The van der Waals surface area contributed by atoms with Gasteiger partial charge in [-0.3, -0.25) is 9.59 Å². The molecule has 3 rings (SSSR count). The van der Waals surface area contributed by atoms with Gasteiger partial charge < -0.3 is 9.47 Å². The number of fused-ring (bicyclic) bond motifs is 2. The first-order chi connectivity index (χ1) is 10.7. The largest absolute Gasteiger partial charge is 0.469 e. The van der Waals surface area contributed by atoms with Crippen LogP contribution in [0.5, 0.6) is 0 Å². The summed E-state index contributed by atoms with van der Waals surface area (Å²) in [6.45, 7) is 0. The third kappa shape index (κ3) is 2.46. The Morgan fingerprint density at radius 1 is 0.773 bits per heavy atom. The van der Waals surface area contributed by atoms with Gasteiger partial charge in [0.25, 0.3) is 0 Å². The molecule has 0 amide bonds. The van der Waals surface area contributed by atoms with Gasteiger partial charge in [-0.1, -0.05) is 24.0 Å². The second kappa shape index (κ2) is 6.43. The molecule has 0 heterocycles. The van der Waals surface area contributed by atoms with E-state index >= 15 is 0 Å². The number of esters is 2. The lowest BCUT2D eigenvalue weighted by Crippen LogP contribution is -2.47. The average Bonchev–Trinajstić information content (AvgIpc) is 2.59. The minimum absolute atomic E-state index is 0.189. The van der Waals surface area contributed by atoms with E-state index in [9.17, 15) is 9.59 Å². The number of carbonyl (C=O) groups excluding carboxylic acids is 2. The number of methoxy groups -OCH3 is 2. The number of ether oxygens (including phenoxy) is 2. The highest BCUT2D eigenvalue weighted by Gasteiger charge is 2.52. The lowest BCUT2D eigenvalue weighted by Gasteiger charge is -2.46. The molecular formula is C18H26O4. The molecule has 4 heteroatoms. The monoisotopic (exact) mass is 306 g/mol. The summed E-state index contributed by atoms with van der Waals surface area (Å²) in [5, 5.41) is 0. The van der Waals surface area contributed by atoms with E-state index in [1.807, 2.05) is 0 Å². The van der Waals surface area contributed by atoms with Gasteiger partial charge in [-0.05, 0) is 50.4 Å². The predicted molar refractivity (Wildman–Crippen MR) is 82.0 cm³/mol. The Balaban J connectivity index is 2.07. The van der Waals surface area contributed by atoms with Crippen molar-refractivity contribution in [2.75, 3.05) is 14.2 Å². The third-order valence-corrected chi connectivity index (χ3v) is 5.93.